The second-order valence-corrected chi connectivity index (χ2v) is 6.96. The van der Waals surface area contributed by atoms with E-state index in [2.05, 4.69) is 49.4 Å². The van der Waals surface area contributed by atoms with Crippen LogP contribution in [0.4, 0.5) is 4.79 Å². The Kier molecular flexibility index (Phi) is 7.06. The standard InChI is InChI=1S/C19H31N3O2/c1-15-7-5-6-8-17(15)18(21(2)3)13-20-19(23)22(4)14-16-9-11-24-12-10-16/h5-8,16,18H,9-14H2,1-4H3,(H,20,23)/t18-/m1/s1. The van der Waals surface area contributed by atoms with Gasteiger partial charge in [-0.2, -0.15) is 0 Å². The second kappa shape index (κ2) is 9.04. The molecule has 1 N–H and O–H groups in total. The van der Waals surface area contributed by atoms with Crippen LogP contribution in [0.15, 0.2) is 24.3 Å². The maximum Gasteiger partial charge on any atom is 0.317 e. The lowest BCUT2D eigenvalue weighted by Gasteiger charge is -2.30. The maximum absolute atomic E-state index is 12.4. The minimum atomic E-state index is 0.00178. The maximum atomic E-state index is 12.4. The van der Waals surface area contributed by atoms with Crippen LogP contribution in [0.2, 0.25) is 0 Å². The molecule has 0 spiro atoms. The first kappa shape index (κ1) is 18.7. The molecule has 0 aromatic heterocycles. The number of hydrogen-bond donors (Lipinski definition) is 1. The highest BCUT2D eigenvalue weighted by Gasteiger charge is 2.21. The number of aryl methyl sites for hydroxylation is 1. The molecule has 1 aromatic rings. The highest BCUT2D eigenvalue weighted by atomic mass is 16.5. The van der Waals surface area contributed by atoms with Gasteiger partial charge in [0.25, 0.3) is 0 Å². The van der Waals surface area contributed by atoms with Gasteiger partial charge in [0.15, 0.2) is 0 Å². The summed E-state index contributed by atoms with van der Waals surface area (Å²) in [6.45, 7) is 5.15. The summed E-state index contributed by atoms with van der Waals surface area (Å²) >= 11 is 0. The zero-order chi connectivity index (χ0) is 17.5. The van der Waals surface area contributed by atoms with Gasteiger partial charge >= 0.3 is 6.03 Å². The van der Waals surface area contributed by atoms with Gasteiger partial charge in [-0.15, -0.1) is 0 Å². The number of rotatable bonds is 6. The molecule has 1 heterocycles. The van der Waals surface area contributed by atoms with Gasteiger partial charge in [0.05, 0.1) is 6.04 Å². The van der Waals surface area contributed by atoms with Gasteiger partial charge in [-0.3, -0.25) is 0 Å². The van der Waals surface area contributed by atoms with Crippen molar-refractivity contribution < 1.29 is 9.53 Å². The normalized spacial score (nSPS) is 16.9. The van der Waals surface area contributed by atoms with E-state index in [-0.39, 0.29) is 12.1 Å². The van der Waals surface area contributed by atoms with Crippen LogP contribution >= 0.6 is 0 Å². The van der Waals surface area contributed by atoms with E-state index in [1.807, 2.05) is 13.1 Å². The van der Waals surface area contributed by atoms with Crippen molar-refractivity contribution in [1.82, 2.24) is 15.1 Å². The molecule has 1 fully saturated rings. The number of benzene rings is 1. The van der Waals surface area contributed by atoms with Gasteiger partial charge in [0, 0.05) is 33.4 Å². The van der Waals surface area contributed by atoms with E-state index >= 15 is 0 Å². The fourth-order valence-corrected chi connectivity index (χ4v) is 3.25. The highest BCUT2D eigenvalue weighted by molar-refractivity contribution is 5.73. The number of amides is 2. The summed E-state index contributed by atoms with van der Waals surface area (Å²) in [6, 6.07) is 8.53. The lowest BCUT2D eigenvalue weighted by molar-refractivity contribution is 0.0585. The first-order valence-electron chi connectivity index (χ1n) is 8.77. The Morgan fingerprint density at radius 1 is 1.25 bits per heavy atom. The van der Waals surface area contributed by atoms with Gasteiger partial charge in [-0.1, -0.05) is 24.3 Å². The Labute approximate surface area is 146 Å². The molecule has 2 rings (SSSR count). The topological polar surface area (TPSA) is 44.8 Å². The van der Waals surface area contributed by atoms with E-state index < -0.39 is 0 Å². The molecule has 1 aliphatic heterocycles. The summed E-state index contributed by atoms with van der Waals surface area (Å²) in [5, 5.41) is 3.09. The predicted octanol–water partition coefficient (Wildman–Crippen LogP) is 2.67. The molecule has 5 heteroatoms. The number of ether oxygens (including phenoxy) is 1. The molecule has 0 unspecified atom stereocenters. The molecular weight excluding hydrogens is 302 g/mol. The largest absolute Gasteiger partial charge is 0.381 e. The molecule has 1 saturated heterocycles. The minimum Gasteiger partial charge on any atom is -0.381 e. The van der Waals surface area contributed by atoms with Crippen LogP contribution in [0.3, 0.4) is 0 Å². The Balaban J connectivity index is 1.89. The summed E-state index contributed by atoms with van der Waals surface area (Å²) in [5.41, 5.74) is 2.51. The van der Waals surface area contributed by atoms with Gasteiger partial charge in [-0.25, -0.2) is 4.79 Å². The zero-order valence-corrected chi connectivity index (χ0v) is 15.4. The van der Waals surface area contributed by atoms with Crippen molar-refractivity contribution in [3.63, 3.8) is 0 Å². The molecule has 24 heavy (non-hydrogen) atoms. The fraction of sp³-hybridized carbons (Fsp3) is 0.632. The number of nitrogens with one attached hydrogen (secondary N) is 1. The van der Waals surface area contributed by atoms with E-state index in [4.69, 9.17) is 4.74 Å². The summed E-state index contributed by atoms with van der Waals surface area (Å²) in [5.74, 6) is 0.551. The molecule has 1 atom stereocenters. The summed E-state index contributed by atoms with van der Waals surface area (Å²) in [4.78, 5) is 16.4. The summed E-state index contributed by atoms with van der Waals surface area (Å²) in [7, 11) is 5.98. The molecule has 0 saturated carbocycles. The van der Waals surface area contributed by atoms with E-state index in [1.54, 1.807) is 4.90 Å². The van der Waals surface area contributed by atoms with Crippen LogP contribution < -0.4 is 5.32 Å². The zero-order valence-electron chi connectivity index (χ0n) is 15.4. The Bertz CT molecular complexity index is 527. The van der Waals surface area contributed by atoms with Crippen molar-refractivity contribution >= 4 is 6.03 Å². The molecule has 1 aliphatic rings. The highest BCUT2D eigenvalue weighted by Crippen LogP contribution is 2.21. The number of likely N-dealkylation sites (N-methyl/N-ethyl adjacent to an activating group) is 1. The molecule has 5 nitrogen and oxygen atoms in total. The first-order valence-corrected chi connectivity index (χ1v) is 8.77. The van der Waals surface area contributed by atoms with Crippen molar-refractivity contribution in [3.05, 3.63) is 35.4 Å². The SMILES string of the molecule is Cc1ccccc1[C@@H](CNC(=O)N(C)CC1CCOCC1)N(C)C. The van der Waals surface area contributed by atoms with Crippen molar-refractivity contribution in [1.29, 1.82) is 0 Å². The summed E-state index contributed by atoms with van der Waals surface area (Å²) in [6.07, 6.45) is 2.09. The van der Waals surface area contributed by atoms with E-state index in [9.17, 15) is 4.79 Å². The van der Waals surface area contributed by atoms with Gasteiger partial charge in [-0.05, 0) is 50.9 Å². The lowest BCUT2D eigenvalue weighted by atomic mass is 10.00. The van der Waals surface area contributed by atoms with Crippen molar-refractivity contribution in [2.75, 3.05) is 47.4 Å². The van der Waals surface area contributed by atoms with Crippen molar-refractivity contribution in [2.24, 2.45) is 5.92 Å². The Hall–Kier alpha value is -1.59. The van der Waals surface area contributed by atoms with Crippen molar-refractivity contribution in [2.45, 2.75) is 25.8 Å². The second-order valence-electron chi connectivity index (χ2n) is 6.96. The lowest BCUT2D eigenvalue weighted by Crippen LogP contribution is -2.43. The molecule has 2 amide bonds. The number of nitrogens with zero attached hydrogens (tertiary/aromatic N) is 2. The monoisotopic (exact) mass is 333 g/mol. The molecule has 0 aliphatic carbocycles. The van der Waals surface area contributed by atoms with Crippen LogP contribution in [-0.4, -0.2) is 63.3 Å². The van der Waals surface area contributed by atoms with Gasteiger partial charge in [0.2, 0.25) is 0 Å². The average Bonchev–Trinajstić information content (AvgIpc) is 2.57. The fourth-order valence-electron chi connectivity index (χ4n) is 3.25. The van der Waals surface area contributed by atoms with Gasteiger partial charge < -0.3 is 19.9 Å². The van der Waals surface area contributed by atoms with Crippen LogP contribution in [-0.2, 0) is 4.74 Å². The molecule has 134 valence electrons. The predicted molar refractivity (Wildman–Crippen MR) is 97.2 cm³/mol. The van der Waals surface area contributed by atoms with Crippen molar-refractivity contribution in [3.8, 4) is 0 Å². The molecule has 0 bridgehead atoms. The Morgan fingerprint density at radius 2 is 1.92 bits per heavy atom. The Morgan fingerprint density at radius 3 is 2.54 bits per heavy atom. The smallest absolute Gasteiger partial charge is 0.317 e. The number of carbonyl (C=O) groups is 1. The average molecular weight is 333 g/mol. The number of carbonyl (C=O) groups excluding carboxylic acids is 1. The van der Waals surface area contributed by atoms with E-state index in [0.717, 1.165) is 32.6 Å². The van der Waals surface area contributed by atoms with Gasteiger partial charge in [0.1, 0.15) is 0 Å². The summed E-state index contributed by atoms with van der Waals surface area (Å²) < 4.78 is 5.38. The molecular formula is C19H31N3O2. The molecule has 0 radical (unpaired) electrons. The van der Waals surface area contributed by atoms with Crippen LogP contribution in [0.5, 0.6) is 0 Å². The number of urea groups is 1. The quantitative estimate of drug-likeness (QED) is 0.870. The third-order valence-electron chi connectivity index (χ3n) is 4.84. The third kappa shape index (κ3) is 5.21. The van der Waals surface area contributed by atoms with Crippen LogP contribution in [0.1, 0.15) is 30.0 Å². The van der Waals surface area contributed by atoms with E-state index in [1.165, 1.54) is 11.1 Å². The third-order valence-corrected chi connectivity index (χ3v) is 4.84. The van der Waals surface area contributed by atoms with E-state index in [0.29, 0.717) is 12.5 Å². The van der Waals surface area contributed by atoms with Crippen LogP contribution in [0, 0.1) is 12.8 Å². The number of hydrogen-bond acceptors (Lipinski definition) is 3. The molecule has 1 aromatic carbocycles. The first-order chi connectivity index (χ1) is 11.5. The van der Waals surface area contributed by atoms with Crippen LogP contribution in [0.25, 0.3) is 0 Å². The minimum absolute atomic E-state index is 0.00178.